The van der Waals surface area contributed by atoms with Crippen molar-refractivity contribution in [1.82, 2.24) is 19.7 Å². The molecule has 1 atom stereocenters. The van der Waals surface area contributed by atoms with E-state index in [-0.39, 0.29) is 31.9 Å². The van der Waals surface area contributed by atoms with Crippen molar-refractivity contribution in [2.75, 3.05) is 58.1 Å². The number of pyridine rings is 1. The molecule has 200 valence electrons. The van der Waals surface area contributed by atoms with Gasteiger partial charge in [-0.25, -0.2) is 4.98 Å². The van der Waals surface area contributed by atoms with E-state index >= 15 is 0 Å². The molecule has 1 heterocycles. The summed E-state index contributed by atoms with van der Waals surface area (Å²) in [5.74, 6) is -6.16. The molecule has 1 rings (SSSR count). The summed E-state index contributed by atoms with van der Waals surface area (Å²) >= 11 is 0. The number of aliphatic carboxylic acids is 5. The quantitative estimate of drug-likeness (QED) is 0.130. The van der Waals surface area contributed by atoms with Crippen molar-refractivity contribution in [1.29, 1.82) is 0 Å². The predicted molar refractivity (Wildman–Crippen MR) is 129 cm³/mol. The number of carboxylic acids is 5. The monoisotopic (exact) mass is 548 g/mol. The van der Waals surface area contributed by atoms with Gasteiger partial charge in [0.05, 0.1) is 26.2 Å². The lowest BCUT2D eigenvalue weighted by atomic mass is 10.2. The van der Waals surface area contributed by atoms with Crippen LogP contribution in [0.2, 0.25) is 0 Å². The Balaban J connectivity index is 3.00. The molecule has 16 heteroatoms. The van der Waals surface area contributed by atoms with Gasteiger partial charge in [-0.15, -0.1) is 0 Å². The minimum absolute atomic E-state index is 0.0552. The zero-order chi connectivity index (χ0) is 27.1. The molecule has 0 spiro atoms. The predicted octanol–water partition coefficient (Wildman–Crippen LogP) is -0.480. The molecule has 0 fully saturated rings. The summed E-state index contributed by atoms with van der Waals surface area (Å²) in [6.45, 7) is -2.62. The number of rotatable bonds is 20. The van der Waals surface area contributed by atoms with Gasteiger partial charge in [0.15, 0.2) is 0 Å². The summed E-state index contributed by atoms with van der Waals surface area (Å²) in [6, 6.07) is 4.14. The van der Waals surface area contributed by atoms with Crippen LogP contribution < -0.4 is 0 Å². The number of carbonyl (C=O) groups is 5. The summed E-state index contributed by atoms with van der Waals surface area (Å²) in [4.78, 5) is 64.3. The fourth-order valence-electron chi connectivity index (χ4n) is 3.04. The van der Waals surface area contributed by atoms with E-state index in [1.165, 1.54) is 26.5 Å². The molecule has 0 aromatic carbocycles. The largest absolute Gasteiger partial charge is 0.480 e. The second-order valence-corrected chi connectivity index (χ2v) is 9.78. The van der Waals surface area contributed by atoms with Crippen LogP contribution in [0, 0.1) is 0 Å². The first-order valence-corrected chi connectivity index (χ1v) is 12.8. The fourth-order valence-corrected chi connectivity index (χ4v) is 5.20. The molecule has 0 aliphatic heterocycles. The maximum atomic E-state index is 12.1. The van der Waals surface area contributed by atoms with Crippen molar-refractivity contribution in [3.63, 3.8) is 0 Å². The van der Waals surface area contributed by atoms with E-state index in [1.54, 1.807) is 24.4 Å². The summed E-state index contributed by atoms with van der Waals surface area (Å²) in [7, 11) is 2.46. The summed E-state index contributed by atoms with van der Waals surface area (Å²) < 4.78 is 0. The standard InChI is InChI=1S/C20H28N4O10S2/c25-16(26)9-22(10-17(27)28)5-7-24(8-6-23(11-18(29)30)12-19(31)32)14(20(33)34)13-35-36-15-3-1-2-4-21-15/h1-4,14H,5-13H2,(H,25,26)(H,27,28)(H,29,30)(H,31,32)(H,33,34)/t14-/m0/s1. The first-order chi connectivity index (χ1) is 17.0. The minimum atomic E-state index is -1.26. The van der Waals surface area contributed by atoms with Crippen molar-refractivity contribution in [2.24, 2.45) is 0 Å². The van der Waals surface area contributed by atoms with Crippen LogP contribution in [0.5, 0.6) is 0 Å². The number of aromatic nitrogens is 1. The SMILES string of the molecule is O=C(O)CN(CCN(CCN(CC(=O)O)CC(=O)O)[C@@H](CSSc1ccccn1)C(=O)O)CC(=O)O. The van der Waals surface area contributed by atoms with Crippen molar-refractivity contribution < 1.29 is 49.5 Å². The van der Waals surface area contributed by atoms with E-state index in [0.29, 0.717) is 5.03 Å². The fraction of sp³-hybridized carbons (Fsp3) is 0.500. The Morgan fingerprint density at radius 2 is 1.22 bits per heavy atom. The zero-order valence-corrected chi connectivity index (χ0v) is 20.8. The van der Waals surface area contributed by atoms with Gasteiger partial charge in [-0.2, -0.15) is 0 Å². The van der Waals surface area contributed by atoms with Gasteiger partial charge in [0.2, 0.25) is 0 Å². The van der Waals surface area contributed by atoms with Gasteiger partial charge in [0, 0.05) is 38.1 Å². The lowest BCUT2D eigenvalue weighted by Gasteiger charge is -2.32. The third kappa shape index (κ3) is 13.8. The number of carboxylic acid groups (broad SMARTS) is 5. The van der Waals surface area contributed by atoms with Crippen LogP contribution in [0.15, 0.2) is 29.4 Å². The summed E-state index contributed by atoms with van der Waals surface area (Å²) in [5, 5.41) is 46.7. The first-order valence-electron chi connectivity index (χ1n) is 10.5. The maximum absolute atomic E-state index is 12.1. The van der Waals surface area contributed by atoms with Crippen LogP contribution in [0.4, 0.5) is 0 Å². The minimum Gasteiger partial charge on any atom is -0.480 e. The molecular weight excluding hydrogens is 520 g/mol. The molecule has 1 aromatic rings. The Kier molecular flexibility index (Phi) is 14.4. The van der Waals surface area contributed by atoms with E-state index in [1.807, 2.05) is 0 Å². The molecule has 0 unspecified atom stereocenters. The van der Waals surface area contributed by atoms with Gasteiger partial charge in [-0.3, -0.25) is 38.7 Å². The summed E-state index contributed by atoms with van der Waals surface area (Å²) in [6.07, 6.45) is 1.59. The Labute approximate surface area is 214 Å². The Morgan fingerprint density at radius 3 is 1.58 bits per heavy atom. The van der Waals surface area contributed by atoms with Gasteiger partial charge in [-0.1, -0.05) is 16.9 Å². The maximum Gasteiger partial charge on any atom is 0.321 e. The normalized spacial score (nSPS) is 12.1. The van der Waals surface area contributed by atoms with Crippen molar-refractivity contribution in [2.45, 2.75) is 11.1 Å². The van der Waals surface area contributed by atoms with E-state index in [0.717, 1.165) is 9.80 Å². The van der Waals surface area contributed by atoms with Crippen molar-refractivity contribution in [3.05, 3.63) is 24.4 Å². The van der Waals surface area contributed by atoms with Crippen molar-refractivity contribution in [3.8, 4) is 0 Å². The zero-order valence-electron chi connectivity index (χ0n) is 19.1. The molecule has 0 saturated carbocycles. The van der Waals surface area contributed by atoms with Crippen LogP contribution in [0.3, 0.4) is 0 Å². The van der Waals surface area contributed by atoms with E-state index < -0.39 is 62.1 Å². The molecule has 1 aromatic heterocycles. The molecule has 0 aliphatic rings. The van der Waals surface area contributed by atoms with Gasteiger partial charge in [0.25, 0.3) is 0 Å². The molecule has 0 bridgehead atoms. The second kappa shape index (κ2) is 16.7. The van der Waals surface area contributed by atoms with Crippen LogP contribution >= 0.6 is 21.6 Å². The topological polar surface area (TPSA) is 209 Å². The number of hydrogen-bond donors (Lipinski definition) is 5. The van der Waals surface area contributed by atoms with Gasteiger partial charge >= 0.3 is 29.8 Å². The lowest BCUT2D eigenvalue weighted by molar-refractivity contribution is -0.145. The summed E-state index contributed by atoms with van der Waals surface area (Å²) in [5.41, 5.74) is 0. The van der Waals surface area contributed by atoms with Gasteiger partial charge in [-0.05, 0) is 22.9 Å². The van der Waals surface area contributed by atoms with E-state index in [4.69, 9.17) is 20.4 Å². The average Bonchev–Trinajstić information content (AvgIpc) is 2.76. The average molecular weight is 549 g/mol. The highest BCUT2D eigenvalue weighted by Gasteiger charge is 2.28. The highest BCUT2D eigenvalue weighted by Crippen LogP contribution is 2.30. The molecule has 0 aliphatic carbocycles. The molecule has 5 N–H and O–H groups in total. The second-order valence-electron chi connectivity index (χ2n) is 7.42. The molecule has 0 radical (unpaired) electrons. The van der Waals surface area contributed by atoms with Gasteiger partial charge < -0.3 is 25.5 Å². The van der Waals surface area contributed by atoms with Crippen LogP contribution in [-0.4, -0.2) is 139 Å². The van der Waals surface area contributed by atoms with Crippen molar-refractivity contribution >= 4 is 51.4 Å². The molecular formula is C20H28N4O10S2. The van der Waals surface area contributed by atoms with Gasteiger partial charge in [0.1, 0.15) is 11.1 Å². The van der Waals surface area contributed by atoms with Crippen LogP contribution in [0.25, 0.3) is 0 Å². The lowest BCUT2D eigenvalue weighted by Crippen LogP contribution is -2.50. The Bertz CT molecular complexity index is 821. The third-order valence-corrected chi connectivity index (χ3v) is 6.83. The Hall–Kier alpha value is -2.92. The number of nitrogens with zero attached hydrogens (tertiary/aromatic N) is 4. The van der Waals surface area contributed by atoms with E-state index in [2.05, 4.69) is 4.98 Å². The van der Waals surface area contributed by atoms with E-state index in [9.17, 15) is 29.1 Å². The molecule has 0 amide bonds. The molecule has 0 saturated heterocycles. The molecule has 14 nitrogen and oxygen atoms in total. The Morgan fingerprint density at radius 1 is 0.750 bits per heavy atom. The first kappa shape index (κ1) is 31.1. The smallest absolute Gasteiger partial charge is 0.321 e. The molecule has 36 heavy (non-hydrogen) atoms. The third-order valence-electron chi connectivity index (χ3n) is 4.58. The number of hydrogen-bond acceptors (Lipinski definition) is 11. The highest BCUT2D eigenvalue weighted by atomic mass is 33.1. The van der Waals surface area contributed by atoms with Crippen LogP contribution in [-0.2, 0) is 24.0 Å². The van der Waals surface area contributed by atoms with Crippen LogP contribution in [0.1, 0.15) is 0 Å². The highest BCUT2D eigenvalue weighted by molar-refractivity contribution is 8.76.